The average molecular weight is 435 g/mol. The van der Waals surface area contributed by atoms with Crippen LogP contribution in [0.15, 0.2) is 47.4 Å². The number of rotatable bonds is 7. The number of allylic oxidation sites excluding steroid dienone is 1. The van der Waals surface area contributed by atoms with Crippen LogP contribution in [0, 0.1) is 17.8 Å². The van der Waals surface area contributed by atoms with Gasteiger partial charge in [-0.1, -0.05) is 18.2 Å². The largest absolute Gasteiger partial charge is 0.396 e. The number of amides is 1. The number of fused-ring (bicyclic) bond motifs is 3. The highest BCUT2D eigenvalue weighted by Gasteiger charge is 2.56. The summed E-state index contributed by atoms with van der Waals surface area (Å²) in [6.45, 7) is 3.56. The Balaban J connectivity index is 1.46. The van der Waals surface area contributed by atoms with Gasteiger partial charge < -0.3 is 15.0 Å². The zero-order valence-electron chi connectivity index (χ0n) is 18.4. The van der Waals surface area contributed by atoms with Crippen LogP contribution in [0.3, 0.4) is 0 Å². The van der Waals surface area contributed by atoms with Gasteiger partial charge in [0.15, 0.2) is 0 Å². The second kappa shape index (κ2) is 8.64. The average Bonchev–Trinajstić information content (AvgIpc) is 3.47. The third kappa shape index (κ3) is 3.69. The zero-order valence-corrected chi connectivity index (χ0v) is 18.4. The summed E-state index contributed by atoms with van der Waals surface area (Å²) in [5, 5.41) is 13.4. The Morgan fingerprint density at radius 2 is 2.12 bits per heavy atom. The van der Waals surface area contributed by atoms with E-state index in [1.54, 1.807) is 6.20 Å². The van der Waals surface area contributed by atoms with E-state index >= 15 is 0 Å². The first-order chi connectivity index (χ1) is 15.6. The summed E-state index contributed by atoms with van der Waals surface area (Å²) in [6, 6.07) is 9.13. The molecule has 3 aliphatic rings. The van der Waals surface area contributed by atoms with Gasteiger partial charge in [-0.15, -0.1) is 0 Å². The molecule has 32 heavy (non-hydrogen) atoms. The van der Waals surface area contributed by atoms with Crippen LogP contribution in [0.25, 0.3) is 6.08 Å². The lowest BCUT2D eigenvalue weighted by Gasteiger charge is -2.30. The number of carbonyl (C=O) groups excluding carboxylic acids is 1. The zero-order chi connectivity index (χ0) is 22.2. The van der Waals surface area contributed by atoms with Gasteiger partial charge in [-0.25, -0.2) is 0 Å². The van der Waals surface area contributed by atoms with Crippen LogP contribution in [-0.2, 0) is 17.9 Å². The number of nitrogens with one attached hydrogen (secondary N) is 1. The number of hydrogen-bond donors (Lipinski definition) is 2. The van der Waals surface area contributed by atoms with Crippen LogP contribution in [0.4, 0.5) is 0 Å². The van der Waals surface area contributed by atoms with Crippen LogP contribution in [-0.4, -0.2) is 44.7 Å². The lowest BCUT2D eigenvalue weighted by molar-refractivity contribution is -0.128. The van der Waals surface area contributed by atoms with E-state index in [-0.39, 0.29) is 36.0 Å². The fourth-order valence-corrected chi connectivity index (χ4v) is 5.52. The van der Waals surface area contributed by atoms with Crippen LogP contribution >= 0.6 is 0 Å². The van der Waals surface area contributed by atoms with Crippen LogP contribution < -0.4 is 10.9 Å². The summed E-state index contributed by atoms with van der Waals surface area (Å²) in [4.78, 5) is 33.0. The van der Waals surface area contributed by atoms with Gasteiger partial charge in [-0.05, 0) is 49.9 Å². The van der Waals surface area contributed by atoms with Crippen molar-refractivity contribution in [3.63, 3.8) is 0 Å². The topological polar surface area (TPSA) is 87.5 Å². The molecule has 5 rings (SSSR count). The minimum Gasteiger partial charge on any atom is -0.396 e. The van der Waals surface area contributed by atoms with E-state index in [1.165, 1.54) is 12.8 Å². The van der Waals surface area contributed by atoms with Crippen molar-refractivity contribution >= 4 is 12.0 Å². The lowest BCUT2D eigenvalue weighted by Crippen LogP contribution is -2.48. The normalized spacial score (nSPS) is 26.9. The standard InChI is InChI=1S/C25H30N4O3/c1-2-5-17-9-10-21-22-19(14-28(21)25(17)32)20(15-30)23(29(22)13-16-7-8-16)24(31)27-12-18-6-3-4-11-26-18/h2-6,9-11,16,19-20,22-23,30H,7-8,12-15H2,1H3,(H,27,31)/b5-2-/t19-,20-,22+,23-/m1/s1. The Morgan fingerprint density at radius 1 is 1.28 bits per heavy atom. The van der Waals surface area contributed by atoms with E-state index in [4.69, 9.17) is 0 Å². The summed E-state index contributed by atoms with van der Waals surface area (Å²) >= 11 is 0. The Bertz CT molecular complexity index is 1080. The molecule has 2 aromatic heterocycles. The molecule has 1 saturated heterocycles. The molecule has 2 fully saturated rings. The number of aliphatic hydroxyl groups excluding tert-OH is 1. The molecule has 2 N–H and O–H groups in total. The molecule has 0 bridgehead atoms. The third-order valence-electron chi connectivity index (χ3n) is 7.17. The molecule has 4 heterocycles. The number of likely N-dealkylation sites (tertiary alicyclic amines) is 1. The number of carbonyl (C=O) groups is 1. The Labute approximate surface area is 187 Å². The van der Waals surface area contributed by atoms with Gasteiger partial charge in [0.2, 0.25) is 5.91 Å². The van der Waals surface area contributed by atoms with E-state index < -0.39 is 6.04 Å². The molecule has 7 heteroatoms. The number of pyridine rings is 2. The van der Waals surface area contributed by atoms with Crippen LogP contribution in [0.2, 0.25) is 0 Å². The molecule has 0 unspecified atom stereocenters. The van der Waals surface area contributed by atoms with Crippen molar-refractivity contribution in [3.8, 4) is 0 Å². The summed E-state index contributed by atoms with van der Waals surface area (Å²) in [5.74, 6) is 0.344. The summed E-state index contributed by atoms with van der Waals surface area (Å²) in [7, 11) is 0. The summed E-state index contributed by atoms with van der Waals surface area (Å²) in [5.41, 5.74) is 2.46. The summed E-state index contributed by atoms with van der Waals surface area (Å²) in [6.07, 6.45) is 7.77. The SMILES string of the molecule is C/C=C\c1ccc2n(c1=O)C[C@@H]1[C@@H](CO)[C@H](C(=O)NCc3ccccn3)N(CC3CC3)[C@H]21. The van der Waals surface area contributed by atoms with Crippen molar-refractivity contribution in [1.29, 1.82) is 0 Å². The fraction of sp³-hybridized carbons (Fsp3) is 0.480. The van der Waals surface area contributed by atoms with Crippen LogP contribution in [0.1, 0.15) is 42.8 Å². The second-order valence-electron chi connectivity index (χ2n) is 9.21. The maximum Gasteiger partial charge on any atom is 0.258 e. The quantitative estimate of drug-likeness (QED) is 0.696. The number of aromatic nitrogens is 2. The minimum atomic E-state index is -0.404. The highest BCUT2D eigenvalue weighted by atomic mass is 16.3. The van der Waals surface area contributed by atoms with Crippen molar-refractivity contribution in [2.75, 3.05) is 13.2 Å². The lowest BCUT2D eigenvalue weighted by atomic mass is 9.88. The van der Waals surface area contributed by atoms with E-state index in [0.29, 0.717) is 24.6 Å². The molecule has 0 radical (unpaired) electrons. The Kier molecular flexibility index (Phi) is 5.69. The maximum atomic E-state index is 13.4. The second-order valence-corrected chi connectivity index (χ2v) is 9.21. The highest BCUT2D eigenvalue weighted by molar-refractivity contribution is 5.82. The first-order valence-corrected chi connectivity index (χ1v) is 11.5. The predicted octanol–water partition coefficient (Wildman–Crippen LogP) is 1.97. The highest BCUT2D eigenvalue weighted by Crippen LogP contribution is 2.50. The third-order valence-corrected chi connectivity index (χ3v) is 7.17. The molecule has 1 amide bonds. The fourth-order valence-electron chi connectivity index (χ4n) is 5.52. The monoisotopic (exact) mass is 434 g/mol. The van der Waals surface area contributed by atoms with Gasteiger partial charge >= 0.3 is 0 Å². The Hall–Kier alpha value is -2.77. The number of nitrogens with zero attached hydrogens (tertiary/aromatic N) is 3. The van der Waals surface area contributed by atoms with Crippen molar-refractivity contribution in [1.82, 2.24) is 19.8 Å². The van der Waals surface area contributed by atoms with Gasteiger partial charge in [0.1, 0.15) is 0 Å². The smallest absolute Gasteiger partial charge is 0.258 e. The molecule has 0 spiro atoms. The molecule has 0 aromatic carbocycles. The molecular weight excluding hydrogens is 404 g/mol. The molecule has 168 valence electrons. The number of hydrogen-bond acceptors (Lipinski definition) is 5. The first kappa shape index (κ1) is 21.1. The van der Waals surface area contributed by atoms with Crippen molar-refractivity contribution in [2.45, 2.75) is 44.9 Å². The van der Waals surface area contributed by atoms with Crippen LogP contribution in [0.5, 0.6) is 0 Å². The predicted molar refractivity (Wildman–Crippen MR) is 122 cm³/mol. The van der Waals surface area contributed by atoms with Crippen molar-refractivity contribution in [3.05, 3.63) is 69.9 Å². The van der Waals surface area contributed by atoms with Gasteiger partial charge in [0, 0.05) is 49.0 Å². The molecular formula is C25H30N4O3. The minimum absolute atomic E-state index is 0.00853. The van der Waals surface area contributed by atoms with Crippen molar-refractivity contribution < 1.29 is 9.90 Å². The van der Waals surface area contributed by atoms with Gasteiger partial charge in [0.05, 0.1) is 24.3 Å². The molecule has 1 saturated carbocycles. The van der Waals surface area contributed by atoms with E-state index in [1.807, 2.05) is 54.0 Å². The molecule has 2 aromatic rings. The van der Waals surface area contributed by atoms with E-state index in [9.17, 15) is 14.7 Å². The molecule has 7 nitrogen and oxygen atoms in total. The van der Waals surface area contributed by atoms with Gasteiger partial charge in [0.25, 0.3) is 5.56 Å². The van der Waals surface area contributed by atoms with Gasteiger partial charge in [-0.3, -0.25) is 19.5 Å². The first-order valence-electron chi connectivity index (χ1n) is 11.5. The number of aliphatic hydroxyl groups is 1. The molecule has 4 atom stereocenters. The molecule has 2 aliphatic heterocycles. The van der Waals surface area contributed by atoms with E-state index in [0.717, 1.165) is 17.9 Å². The van der Waals surface area contributed by atoms with E-state index in [2.05, 4.69) is 15.2 Å². The molecule has 1 aliphatic carbocycles. The Morgan fingerprint density at radius 3 is 2.81 bits per heavy atom. The van der Waals surface area contributed by atoms with Gasteiger partial charge in [-0.2, -0.15) is 0 Å². The summed E-state index contributed by atoms with van der Waals surface area (Å²) < 4.78 is 1.86. The van der Waals surface area contributed by atoms with Crippen molar-refractivity contribution in [2.24, 2.45) is 17.8 Å². The maximum absolute atomic E-state index is 13.4.